The third-order valence-corrected chi connectivity index (χ3v) is 3.71. The molecule has 1 aliphatic heterocycles. The van der Waals surface area contributed by atoms with E-state index < -0.39 is 23.9 Å². The normalized spacial score (nSPS) is 17.3. The van der Waals surface area contributed by atoms with Crippen molar-refractivity contribution in [2.45, 2.75) is 38.6 Å². The third kappa shape index (κ3) is 4.55. The molecule has 0 radical (unpaired) electrons. The molecular formula is C17H22N2O4. The molecule has 1 aliphatic rings. The van der Waals surface area contributed by atoms with Gasteiger partial charge < -0.3 is 10.1 Å². The van der Waals surface area contributed by atoms with Gasteiger partial charge in [0.2, 0.25) is 0 Å². The van der Waals surface area contributed by atoms with E-state index >= 15 is 0 Å². The van der Waals surface area contributed by atoms with E-state index in [1.807, 2.05) is 6.07 Å². The number of hydrogen-bond acceptors (Lipinski definition) is 4. The SMILES string of the molecule is CCCCCCOC(=O)CN1C(=O)NC(c2ccccc2)C1=O. The molecule has 6 nitrogen and oxygen atoms in total. The quantitative estimate of drug-likeness (QED) is 0.454. The van der Waals surface area contributed by atoms with Crippen molar-refractivity contribution >= 4 is 17.9 Å². The van der Waals surface area contributed by atoms with E-state index in [4.69, 9.17) is 4.74 Å². The van der Waals surface area contributed by atoms with Crippen molar-refractivity contribution in [3.05, 3.63) is 35.9 Å². The summed E-state index contributed by atoms with van der Waals surface area (Å²) in [6, 6.07) is 7.65. The van der Waals surface area contributed by atoms with Crippen LogP contribution in [-0.2, 0) is 14.3 Å². The molecule has 0 aromatic heterocycles. The Bertz CT molecular complexity index is 559. The van der Waals surface area contributed by atoms with Gasteiger partial charge in [-0.25, -0.2) is 4.79 Å². The van der Waals surface area contributed by atoms with E-state index in [1.165, 1.54) is 0 Å². The second-order valence-electron chi connectivity index (χ2n) is 5.50. The highest BCUT2D eigenvalue weighted by molar-refractivity contribution is 6.06. The second-order valence-corrected chi connectivity index (χ2v) is 5.50. The number of urea groups is 1. The van der Waals surface area contributed by atoms with E-state index in [0.717, 1.165) is 30.6 Å². The first kappa shape index (κ1) is 17.0. The molecule has 23 heavy (non-hydrogen) atoms. The highest BCUT2D eigenvalue weighted by Crippen LogP contribution is 2.21. The molecule has 1 unspecified atom stereocenters. The number of benzene rings is 1. The summed E-state index contributed by atoms with van der Waals surface area (Å²) in [5.41, 5.74) is 0.696. The average Bonchev–Trinajstić information content (AvgIpc) is 2.83. The number of hydrogen-bond donors (Lipinski definition) is 1. The number of esters is 1. The Balaban J connectivity index is 1.84. The van der Waals surface area contributed by atoms with Gasteiger partial charge in [0.15, 0.2) is 0 Å². The number of nitrogens with one attached hydrogen (secondary N) is 1. The number of carbonyl (C=O) groups excluding carboxylic acids is 3. The Kier molecular flexibility index (Phi) is 6.14. The summed E-state index contributed by atoms with van der Waals surface area (Å²) in [5.74, 6) is -0.983. The summed E-state index contributed by atoms with van der Waals surface area (Å²) < 4.78 is 5.08. The molecule has 1 fully saturated rings. The Morgan fingerprint density at radius 1 is 1.17 bits per heavy atom. The summed E-state index contributed by atoms with van der Waals surface area (Å²) in [4.78, 5) is 36.9. The van der Waals surface area contributed by atoms with Crippen LogP contribution in [0.4, 0.5) is 4.79 Å². The van der Waals surface area contributed by atoms with Gasteiger partial charge in [0.1, 0.15) is 12.6 Å². The van der Waals surface area contributed by atoms with Crippen LogP contribution in [0.15, 0.2) is 30.3 Å². The minimum absolute atomic E-state index is 0.324. The minimum atomic E-state index is -0.735. The molecular weight excluding hydrogens is 296 g/mol. The van der Waals surface area contributed by atoms with Gasteiger partial charge in [0, 0.05) is 0 Å². The van der Waals surface area contributed by atoms with Crippen LogP contribution >= 0.6 is 0 Å². The number of ether oxygens (including phenoxy) is 1. The van der Waals surface area contributed by atoms with Crippen LogP contribution in [0.25, 0.3) is 0 Å². The highest BCUT2D eigenvalue weighted by atomic mass is 16.5. The van der Waals surface area contributed by atoms with Gasteiger partial charge in [-0.2, -0.15) is 0 Å². The molecule has 1 atom stereocenters. The smallest absolute Gasteiger partial charge is 0.326 e. The summed E-state index contributed by atoms with van der Waals surface area (Å²) >= 11 is 0. The topological polar surface area (TPSA) is 75.7 Å². The molecule has 1 aromatic rings. The van der Waals surface area contributed by atoms with Gasteiger partial charge in [-0.05, 0) is 12.0 Å². The van der Waals surface area contributed by atoms with Crippen LogP contribution in [0.5, 0.6) is 0 Å². The maximum absolute atomic E-state index is 12.3. The highest BCUT2D eigenvalue weighted by Gasteiger charge is 2.39. The Morgan fingerprint density at radius 3 is 2.61 bits per heavy atom. The molecule has 0 aliphatic carbocycles. The Hall–Kier alpha value is -2.37. The van der Waals surface area contributed by atoms with Crippen LogP contribution in [0, 0.1) is 0 Å². The standard InChI is InChI=1S/C17H22N2O4/c1-2-3-4-8-11-23-14(20)12-19-16(21)15(18-17(19)22)13-9-6-5-7-10-13/h5-7,9-10,15H,2-4,8,11-12H2,1H3,(H,18,22). The van der Waals surface area contributed by atoms with Crippen LogP contribution < -0.4 is 5.32 Å². The van der Waals surface area contributed by atoms with Gasteiger partial charge in [-0.1, -0.05) is 56.5 Å². The van der Waals surface area contributed by atoms with Gasteiger partial charge in [-0.15, -0.1) is 0 Å². The van der Waals surface area contributed by atoms with E-state index in [-0.39, 0.29) is 6.54 Å². The van der Waals surface area contributed by atoms with Gasteiger partial charge in [0.05, 0.1) is 6.61 Å². The lowest BCUT2D eigenvalue weighted by molar-refractivity contribution is -0.147. The molecule has 0 saturated carbocycles. The molecule has 0 bridgehead atoms. The number of imide groups is 1. The zero-order valence-electron chi connectivity index (χ0n) is 13.3. The molecule has 2 rings (SSSR count). The average molecular weight is 318 g/mol. The Labute approximate surface area is 135 Å². The number of nitrogens with zero attached hydrogens (tertiary/aromatic N) is 1. The Morgan fingerprint density at radius 2 is 1.91 bits per heavy atom. The first-order valence-corrected chi connectivity index (χ1v) is 7.96. The molecule has 1 heterocycles. The van der Waals surface area contributed by atoms with Crippen LogP contribution in [0.1, 0.15) is 44.2 Å². The number of carbonyl (C=O) groups is 3. The number of unbranched alkanes of at least 4 members (excludes halogenated alkanes) is 3. The van der Waals surface area contributed by atoms with Gasteiger partial charge in [-0.3, -0.25) is 14.5 Å². The molecule has 1 saturated heterocycles. The fraction of sp³-hybridized carbons (Fsp3) is 0.471. The van der Waals surface area contributed by atoms with E-state index in [1.54, 1.807) is 24.3 Å². The zero-order chi connectivity index (χ0) is 16.7. The number of rotatable bonds is 8. The summed E-state index contributed by atoms with van der Waals surface area (Å²) in [6.45, 7) is 2.08. The molecule has 1 aromatic carbocycles. The molecule has 0 spiro atoms. The first-order chi connectivity index (χ1) is 11.1. The minimum Gasteiger partial charge on any atom is -0.464 e. The van der Waals surface area contributed by atoms with E-state index in [9.17, 15) is 14.4 Å². The van der Waals surface area contributed by atoms with Crippen molar-refractivity contribution in [3.8, 4) is 0 Å². The van der Waals surface area contributed by atoms with Gasteiger partial charge >= 0.3 is 12.0 Å². The van der Waals surface area contributed by atoms with Crippen molar-refractivity contribution in [1.82, 2.24) is 10.2 Å². The summed E-state index contributed by atoms with van der Waals surface area (Å²) in [5, 5.41) is 2.59. The lowest BCUT2D eigenvalue weighted by atomic mass is 10.1. The van der Waals surface area contributed by atoms with Crippen molar-refractivity contribution in [2.75, 3.05) is 13.2 Å². The van der Waals surface area contributed by atoms with Gasteiger partial charge in [0.25, 0.3) is 5.91 Å². The molecule has 6 heteroatoms. The molecule has 1 N–H and O–H groups in total. The summed E-state index contributed by atoms with van der Waals surface area (Å²) in [6.07, 6.45) is 4.01. The lowest BCUT2D eigenvalue weighted by Gasteiger charge is -2.12. The number of amides is 3. The fourth-order valence-corrected chi connectivity index (χ4v) is 2.43. The van der Waals surface area contributed by atoms with Crippen molar-refractivity contribution in [1.29, 1.82) is 0 Å². The van der Waals surface area contributed by atoms with Crippen LogP contribution in [-0.4, -0.2) is 36.0 Å². The maximum Gasteiger partial charge on any atom is 0.326 e. The first-order valence-electron chi connectivity index (χ1n) is 7.96. The van der Waals surface area contributed by atoms with Crippen LogP contribution in [0.3, 0.4) is 0 Å². The second kappa shape index (κ2) is 8.31. The molecule has 124 valence electrons. The van der Waals surface area contributed by atoms with E-state index in [0.29, 0.717) is 12.2 Å². The lowest BCUT2D eigenvalue weighted by Crippen LogP contribution is -2.36. The maximum atomic E-state index is 12.3. The third-order valence-electron chi connectivity index (χ3n) is 3.71. The largest absolute Gasteiger partial charge is 0.464 e. The monoisotopic (exact) mass is 318 g/mol. The van der Waals surface area contributed by atoms with Crippen molar-refractivity contribution < 1.29 is 19.1 Å². The summed E-state index contributed by atoms with van der Waals surface area (Å²) in [7, 11) is 0. The predicted molar refractivity (Wildman–Crippen MR) is 84.5 cm³/mol. The van der Waals surface area contributed by atoms with Crippen LogP contribution in [0.2, 0.25) is 0 Å². The van der Waals surface area contributed by atoms with E-state index in [2.05, 4.69) is 12.2 Å². The predicted octanol–water partition coefficient (Wildman–Crippen LogP) is 2.40. The fourth-order valence-electron chi connectivity index (χ4n) is 2.43. The van der Waals surface area contributed by atoms with Crippen molar-refractivity contribution in [3.63, 3.8) is 0 Å². The van der Waals surface area contributed by atoms with Crippen molar-refractivity contribution in [2.24, 2.45) is 0 Å². The zero-order valence-corrected chi connectivity index (χ0v) is 13.3. The molecule has 3 amide bonds.